The van der Waals surface area contributed by atoms with Gasteiger partial charge in [0.25, 0.3) is 0 Å². The van der Waals surface area contributed by atoms with E-state index in [1.54, 1.807) is 13.2 Å². The quantitative estimate of drug-likeness (QED) is 0.744. The molecular weight excluding hydrogens is 269 g/mol. The molecule has 1 N–H and O–H groups in total. The van der Waals surface area contributed by atoms with Crippen LogP contribution in [-0.4, -0.2) is 26.9 Å². The van der Waals surface area contributed by atoms with Gasteiger partial charge in [0.05, 0.1) is 13.2 Å². The zero-order chi connectivity index (χ0) is 14.9. The van der Waals surface area contributed by atoms with Gasteiger partial charge in [0, 0.05) is 26.3 Å². The fourth-order valence-corrected chi connectivity index (χ4v) is 2.78. The second kappa shape index (κ2) is 9.00. The van der Waals surface area contributed by atoms with E-state index < -0.39 is 0 Å². The molecule has 0 atom stereocenters. The minimum atomic E-state index is -0.236. The van der Waals surface area contributed by atoms with Crippen LogP contribution in [-0.2, 0) is 11.3 Å². The third kappa shape index (κ3) is 6.02. The number of methoxy groups -OCH3 is 1. The molecule has 0 bridgehead atoms. The topological polar surface area (TPSA) is 30.5 Å². The van der Waals surface area contributed by atoms with Crippen molar-refractivity contribution in [1.82, 2.24) is 5.32 Å². The van der Waals surface area contributed by atoms with Crippen LogP contribution in [0.3, 0.4) is 0 Å². The Morgan fingerprint density at radius 2 is 2.00 bits per heavy atom. The predicted octanol–water partition coefficient (Wildman–Crippen LogP) is 3.52. The minimum Gasteiger partial charge on any atom is -0.493 e. The smallest absolute Gasteiger partial charge is 0.127 e. The van der Waals surface area contributed by atoms with Gasteiger partial charge in [0.2, 0.25) is 0 Å². The lowest BCUT2D eigenvalue weighted by molar-refractivity contribution is 0.199. The third-order valence-corrected chi connectivity index (χ3v) is 3.95. The molecule has 0 radical (unpaired) electrons. The van der Waals surface area contributed by atoms with Gasteiger partial charge in [0.1, 0.15) is 11.6 Å². The van der Waals surface area contributed by atoms with E-state index in [1.165, 1.54) is 38.2 Å². The summed E-state index contributed by atoms with van der Waals surface area (Å²) in [7, 11) is 1.67. The van der Waals surface area contributed by atoms with Gasteiger partial charge in [-0.2, -0.15) is 0 Å². The molecule has 1 saturated carbocycles. The average Bonchev–Trinajstić information content (AvgIpc) is 2.50. The number of ether oxygens (including phenoxy) is 2. The standard InChI is InChI=1S/C17H26FNO2/c1-20-8-7-19-12-15-9-16(18)11-17(10-15)21-13-14-5-3-2-4-6-14/h9-11,14,19H,2-8,12-13H2,1H3. The summed E-state index contributed by atoms with van der Waals surface area (Å²) in [5, 5.41) is 3.22. The highest BCUT2D eigenvalue weighted by atomic mass is 19.1. The highest BCUT2D eigenvalue weighted by Gasteiger charge is 2.14. The van der Waals surface area contributed by atoms with E-state index in [2.05, 4.69) is 5.32 Å². The summed E-state index contributed by atoms with van der Waals surface area (Å²) in [5.41, 5.74) is 0.907. The van der Waals surface area contributed by atoms with Crippen LogP contribution in [0.4, 0.5) is 4.39 Å². The molecule has 1 aliphatic rings. The molecule has 118 valence electrons. The van der Waals surface area contributed by atoms with Crippen LogP contribution in [0.1, 0.15) is 37.7 Å². The molecule has 0 unspecified atom stereocenters. The van der Waals surface area contributed by atoms with Crippen molar-refractivity contribution in [1.29, 1.82) is 0 Å². The number of benzene rings is 1. The van der Waals surface area contributed by atoms with E-state index in [-0.39, 0.29) is 5.82 Å². The predicted molar refractivity (Wildman–Crippen MR) is 82.1 cm³/mol. The number of hydrogen-bond donors (Lipinski definition) is 1. The van der Waals surface area contributed by atoms with Gasteiger partial charge in [-0.1, -0.05) is 19.3 Å². The molecule has 21 heavy (non-hydrogen) atoms. The highest BCUT2D eigenvalue weighted by Crippen LogP contribution is 2.25. The van der Waals surface area contributed by atoms with E-state index in [0.29, 0.717) is 31.4 Å². The number of hydrogen-bond acceptors (Lipinski definition) is 3. The molecular formula is C17H26FNO2. The molecule has 1 aromatic carbocycles. The van der Waals surface area contributed by atoms with Crippen LogP contribution in [0.25, 0.3) is 0 Å². The van der Waals surface area contributed by atoms with Crippen LogP contribution in [0.15, 0.2) is 18.2 Å². The van der Waals surface area contributed by atoms with Gasteiger partial charge in [-0.05, 0) is 36.5 Å². The molecule has 4 heteroatoms. The Morgan fingerprint density at radius 1 is 1.19 bits per heavy atom. The SMILES string of the molecule is COCCNCc1cc(F)cc(OCC2CCCCC2)c1. The fourth-order valence-electron chi connectivity index (χ4n) is 2.78. The van der Waals surface area contributed by atoms with E-state index in [1.807, 2.05) is 6.07 Å². The Kier molecular flexibility index (Phi) is 6.96. The Bertz CT molecular complexity index is 419. The second-order valence-corrected chi connectivity index (χ2v) is 5.78. The molecule has 0 heterocycles. The van der Waals surface area contributed by atoms with Crippen molar-refractivity contribution >= 4 is 0 Å². The third-order valence-electron chi connectivity index (χ3n) is 3.95. The van der Waals surface area contributed by atoms with Gasteiger partial charge in [-0.3, -0.25) is 0 Å². The van der Waals surface area contributed by atoms with Crippen LogP contribution >= 0.6 is 0 Å². The molecule has 1 fully saturated rings. The largest absolute Gasteiger partial charge is 0.493 e. The van der Waals surface area contributed by atoms with Crippen molar-refractivity contribution < 1.29 is 13.9 Å². The van der Waals surface area contributed by atoms with Gasteiger partial charge in [0.15, 0.2) is 0 Å². The highest BCUT2D eigenvalue weighted by molar-refractivity contribution is 5.29. The minimum absolute atomic E-state index is 0.236. The first-order chi connectivity index (χ1) is 10.3. The lowest BCUT2D eigenvalue weighted by atomic mass is 9.90. The summed E-state index contributed by atoms with van der Waals surface area (Å²) in [6.07, 6.45) is 6.41. The number of halogens is 1. The summed E-state index contributed by atoms with van der Waals surface area (Å²) < 4.78 is 24.4. The first-order valence-corrected chi connectivity index (χ1v) is 7.90. The monoisotopic (exact) mass is 295 g/mol. The molecule has 2 rings (SSSR count). The summed E-state index contributed by atoms with van der Waals surface area (Å²) in [5.74, 6) is 1.04. The number of nitrogens with one attached hydrogen (secondary N) is 1. The van der Waals surface area contributed by atoms with Crippen molar-refractivity contribution in [2.75, 3.05) is 26.9 Å². The Morgan fingerprint density at radius 3 is 2.76 bits per heavy atom. The van der Waals surface area contributed by atoms with Crippen LogP contribution in [0.2, 0.25) is 0 Å². The Hall–Kier alpha value is -1.13. The molecule has 0 aromatic heterocycles. The van der Waals surface area contributed by atoms with Crippen LogP contribution in [0.5, 0.6) is 5.75 Å². The maximum Gasteiger partial charge on any atom is 0.127 e. The molecule has 0 aliphatic heterocycles. The van der Waals surface area contributed by atoms with E-state index in [0.717, 1.165) is 12.1 Å². The zero-order valence-electron chi connectivity index (χ0n) is 12.9. The fraction of sp³-hybridized carbons (Fsp3) is 0.647. The lowest BCUT2D eigenvalue weighted by Gasteiger charge is -2.21. The maximum atomic E-state index is 13.6. The summed E-state index contributed by atoms with van der Waals surface area (Å²) in [6.45, 7) is 2.74. The van der Waals surface area contributed by atoms with Gasteiger partial charge < -0.3 is 14.8 Å². The maximum absolute atomic E-state index is 13.6. The van der Waals surface area contributed by atoms with Crippen LogP contribution in [0, 0.1) is 11.7 Å². The van der Waals surface area contributed by atoms with Crippen molar-refractivity contribution in [2.45, 2.75) is 38.6 Å². The molecule has 1 aliphatic carbocycles. The summed E-state index contributed by atoms with van der Waals surface area (Å²) in [4.78, 5) is 0. The van der Waals surface area contributed by atoms with Crippen LogP contribution < -0.4 is 10.1 Å². The van der Waals surface area contributed by atoms with Gasteiger partial charge >= 0.3 is 0 Å². The van der Waals surface area contributed by atoms with E-state index in [4.69, 9.17) is 9.47 Å². The Labute approximate surface area is 126 Å². The molecule has 3 nitrogen and oxygen atoms in total. The van der Waals surface area contributed by atoms with Crippen molar-refractivity contribution in [3.05, 3.63) is 29.6 Å². The zero-order valence-corrected chi connectivity index (χ0v) is 12.9. The molecule has 1 aromatic rings. The first-order valence-electron chi connectivity index (χ1n) is 7.90. The van der Waals surface area contributed by atoms with Gasteiger partial charge in [-0.25, -0.2) is 4.39 Å². The average molecular weight is 295 g/mol. The normalized spacial score (nSPS) is 16.1. The van der Waals surface area contributed by atoms with Gasteiger partial charge in [-0.15, -0.1) is 0 Å². The second-order valence-electron chi connectivity index (χ2n) is 5.78. The van der Waals surface area contributed by atoms with Crippen molar-refractivity contribution in [3.8, 4) is 5.75 Å². The Balaban J connectivity index is 1.82. The van der Waals surface area contributed by atoms with Crippen molar-refractivity contribution in [2.24, 2.45) is 5.92 Å². The molecule has 0 saturated heterocycles. The lowest BCUT2D eigenvalue weighted by Crippen LogP contribution is -2.19. The van der Waals surface area contributed by atoms with E-state index in [9.17, 15) is 4.39 Å². The summed E-state index contributed by atoms with van der Waals surface area (Å²) >= 11 is 0. The first kappa shape index (κ1) is 16.2. The van der Waals surface area contributed by atoms with Crippen molar-refractivity contribution in [3.63, 3.8) is 0 Å². The van der Waals surface area contributed by atoms with E-state index >= 15 is 0 Å². The summed E-state index contributed by atoms with van der Waals surface area (Å²) in [6, 6.07) is 4.94. The molecule has 0 spiro atoms. The molecule has 0 amide bonds. The number of rotatable bonds is 8.